The van der Waals surface area contributed by atoms with E-state index in [2.05, 4.69) is 39.8 Å². The van der Waals surface area contributed by atoms with Gasteiger partial charge in [0.2, 0.25) is 0 Å². The van der Waals surface area contributed by atoms with Gasteiger partial charge in [0.15, 0.2) is 0 Å². The first-order valence-electron chi connectivity index (χ1n) is 6.69. The zero-order valence-corrected chi connectivity index (χ0v) is 11.6. The molecule has 0 saturated heterocycles. The van der Waals surface area contributed by atoms with E-state index in [1.165, 1.54) is 51.5 Å². The maximum atomic E-state index is 2.49. The smallest absolute Gasteiger partial charge is 0.00246 e. The first kappa shape index (κ1) is 15.0. The maximum absolute atomic E-state index is 2.49. The highest BCUT2D eigenvalue weighted by Gasteiger charge is 2.21. The second-order valence-corrected chi connectivity index (χ2v) is 5.57. The van der Waals surface area contributed by atoms with Gasteiger partial charge in [-0.1, -0.05) is 40.0 Å². The Bertz CT molecular complexity index is 142. The van der Waals surface area contributed by atoms with Crippen molar-refractivity contribution >= 4 is 0 Å². The van der Waals surface area contributed by atoms with Crippen molar-refractivity contribution < 1.29 is 0 Å². The van der Waals surface area contributed by atoms with Gasteiger partial charge < -0.3 is 4.90 Å². The van der Waals surface area contributed by atoms with Crippen LogP contribution in [0.5, 0.6) is 0 Å². The summed E-state index contributed by atoms with van der Waals surface area (Å²) < 4.78 is 0. The van der Waals surface area contributed by atoms with E-state index in [0.717, 1.165) is 0 Å². The van der Waals surface area contributed by atoms with Crippen molar-refractivity contribution in [2.75, 3.05) is 20.6 Å². The lowest BCUT2D eigenvalue weighted by Crippen LogP contribution is -2.20. The first-order chi connectivity index (χ1) is 7.04. The summed E-state index contributed by atoms with van der Waals surface area (Å²) in [7, 11) is 4.34. The van der Waals surface area contributed by atoms with Crippen LogP contribution in [-0.4, -0.2) is 25.5 Å². The molecule has 0 aliphatic rings. The number of rotatable bonds is 9. The topological polar surface area (TPSA) is 3.24 Å². The van der Waals surface area contributed by atoms with Crippen LogP contribution in [0.15, 0.2) is 0 Å². The van der Waals surface area contributed by atoms with Gasteiger partial charge in [-0.3, -0.25) is 0 Å². The summed E-state index contributed by atoms with van der Waals surface area (Å²) >= 11 is 0. The largest absolute Gasteiger partial charge is 0.309 e. The fourth-order valence-electron chi connectivity index (χ4n) is 2.40. The van der Waals surface area contributed by atoms with E-state index in [1.54, 1.807) is 0 Å². The van der Waals surface area contributed by atoms with Crippen LogP contribution < -0.4 is 0 Å². The lowest BCUT2D eigenvalue weighted by molar-refractivity contribution is 0.222. The van der Waals surface area contributed by atoms with Crippen LogP contribution in [0.4, 0.5) is 0 Å². The van der Waals surface area contributed by atoms with Crippen molar-refractivity contribution in [3.63, 3.8) is 0 Å². The van der Waals surface area contributed by atoms with Gasteiger partial charge in [0.05, 0.1) is 0 Å². The molecule has 0 aliphatic carbocycles. The molecule has 0 aliphatic heterocycles. The lowest BCUT2D eigenvalue weighted by Gasteiger charge is -2.30. The highest BCUT2D eigenvalue weighted by molar-refractivity contribution is 4.74. The number of unbranched alkanes of at least 4 members (excludes halogenated alkanes) is 1. The molecule has 0 rings (SSSR count). The molecule has 0 N–H and O–H groups in total. The molecule has 0 spiro atoms. The summed E-state index contributed by atoms with van der Waals surface area (Å²) in [5.41, 5.74) is 0.612. The maximum Gasteiger partial charge on any atom is -0.00246 e. The van der Waals surface area contributed by atoms with E-state index in [4.69, 9.17) is 0 Å². The van der Waals surface area contributed by atoms with Crippen LogP contribution >= 0.6 is 0 Å². The molecule has 0 heterocycles. The summed E-state index contributed by atoms with van der Waals surface area (Å²) in [4.78, 5) is 2.30. The van der Waals surface area contributed by atoms with Gasteiger partial charge in [-0.05, 0) is 51.7 Å². The average molecular weight is 213 g/mol. The summed E-state index contributed by atoms with van der Waals surface area (Å²) in [6.07, 6.45) is 9.66. The monoisotopic (exact) mass is 213 g/mol. The summed E-state index contributed by atoms with van der Waals surface area (Å²) in [5, 5.41) is 0. The molecule has 1 unspecified atom stereocenters. The van der Waals surface area contributed by atoms with Crippen molar-refractivity contribution in [1.82, 2.24) is 4.90 Å². The molecule has 0 amide bonds. The molecule has 0 aromatic rings. The molecule has 0 fully saturated rings. The fraction of sp³-hybridized carbons (Fsp3) is 1.00. The molecule has 0 aromatic heterocycles. The standard InChI is InChI=1S/C14H31N/c1-6-8-11-14(3,10-7-2)12-9-13-15(4)5/h6-13H2,1-5H3. The third-order valence-corrected chi connectivity index (χ3v) is 3.37. The zero-order chi connectivity index (χ0) is 11.7. The molecule has 0 bridgehead atoms. The Hall–Kier alpha value is -0.0400. The minimum atomic E-state index is 0.612. The van der Waals surface area contributed by atoms with Gasteiger partial charge in [-0.15, -0.1) is 0 Å². The van der Waals surface area contributed by atoms with Crippen LogP contribution in [0.3, 0.4) is 0 Å². The molecule has 0 aromatic carbocycles. The van der Waals surface area contributed by atoms with Crippen LogP contribution in [0.1, 0.15) is 65.7 Å². The molecule has 1 atom stereocenters. The Morgan fingerprint density at radius 3 is 1.93 bits per heavy atom. The molecule has 15 heavy (non-hydrogen) atoms. The third-order valence-electron chi connectivity index (χ3n) is 3.37. The van der Waals surface area contributed by atoms with Crippen molar-refractivity contribution in [2.45, 2.75) is 65.7 Å². The SMILES string of the molecule is CCCCC(C)(CCC)CCCN(C)C. The second kappa shape index (κ2) is 8.15. The quantitative estimate of drug-likeness (QED) is 0.551. The van der Waals surface area contributed by atoms with E-state index < -0.39 is 0 Å². The van der Waals surface area contributed by atoms with Gasteiger partial charge in [-0.2, -0.15) is 0 Å². The number of nitrogens with zero attached hydrogens (tertiary/aromatic N) is 1. The van der Waals surface area contributed by atoms with E-state index in [1.807, 2.05) is 0 Å². The van der Waals surface area contributed by atoms with Crippen molar-refractivity contribution in [3.8, 4) is 0 Å². The molecular formula is C14H31N. The van der Waals surface area contributed by atoms with E-state index >= 15 is 0 Å². The van der Waals surface area contributed by atoms with E-state index in [0.29, 0.717) is 5.41 Å². The van der Waals surface area contributed by atoms with Crippen LogP contribution in [0.25, 0.3) is 0 Å². The third kappa shape index (κ3) is 7.84. The van der Waals surface area contributed by atoms with Crippen LogP contribution in [0.2, 0.25) is 0 Å². The van der Waals surface area contributed by atoms with Crippen molar-refractivity contribution in [1.29, 1.82) is 0 Å². The minimum absolute atomic E-state index is 0.612. The zero-order valence-electron chi connectivity index (χ0n) is 11.6. The van der Waals surface area contributed by atoms with Gasteiger partial charge in [0, 0.05) is 0 Å². The molecule has 1 heteroatoms. The summed E-state index contributed by atoms with van der Waals surface area (Å²) in [5.74, 6) is 0. The molecule has 92 valence electrons. The molecule has 0 saturated carbocycles. The van der Waals surface area contributed by atoms with Crippen molar-refractivity contribution in [2.24, 2.45) is 5.41 Å². The normalized spacial score (nSPS) is 15.6. The highest BCUT2D eigenvalue weighted by atomic mass is 15.0. The van der Waals surface area contributed by atoms with Gasteiger partial charge in [0.25, 0.3) is 0 Å². The van der Waals surface area contributed by atoms with Gasteiger partial charge >= 0.3 is 0 Å². The predicted molar refractivity (Wildman–Crippen MR) is 70.3 cm³/mol. The summed E-state index contributed by atoms with van der Waals surface area (Å²) in [6.45, 7) is 8.34. The Kier molecular flexibility index (Phi) is 8.13. The number of hydrogen-bond acceptors (Lipinski definition) is 1. The van der Waals surface area contributed by atoms with Gasteiger partial charge in [-0.25, -0.2) is 0 Å². The van der Waals surface area contributed by atoms with Crippen LogP contribution in [-0.2, 0) is 0 Å². The van der Waals surface area contributed by atoms with E-state index in [9.17, 15) is 0 Å². The average Bonchev–Trinajstić information content (AvgIpc) is 2.15. The van der Waals surface area contributed by atoms with E-state index in [-0.39, 0.29) is 0 Å². The highest BCUT2D eigenvalue weighted by Crippen LogP contribution is 2.34. The molecule has 0 radical (unpaired) electrons. The Morgan fingerprint density at radius 2 is 1.47 bits per heavy atom. The Morgan fingerprint density at radius 1 is 0.867 bits per heavy atom. The summed E-state index contributed by atoms with van der Waals surface area (Å²) in [6, 6.07) is 0. The second-order valence-electron chi connectivity index (χ2n) is 5.57. The van der Waals surface area contributed by atoms with Crippen LogP contribution in [0, 0.1) is 5.41 Å². The van der Waals surface area contributed by atoms with Crippen molar-refractivity contribution in [3.05, 3.63) is 0 Å². The number of hydrogen-bond donors (Lipinski definition) is 0. The molecule has 1 nitrogen and oxygen atoms in total. The Balaban J connectivity index is 3.89. The minimum Gasteiger partial charge on any atom is -0.309 e. The first-order valence-corrected chi connectivity index (χ1v) is 6.69. The van der Waals surface area contributed by atoms with Gasteiger partial charge in [0.1, 0.15) is 0 Å². The predicted octanol–water partition coefficient (Wildman–Crippen LogP) is 4.32. The molecular weight excluding hydrogens is 182 g/mol. The fourth-order valence-corrected chi connectivity index (χ4v) is 2.40. The lowest BCUT2D eigenvalue weighted by atomic mass is 9.77. The Labute approximate surface area is 97.2 Å².